The van der Waals surface area contributed by atoms with E-state index in [1.54, 1.807) is 4.90 Å². The van der Waals surface area contributed by atoms with Gasteiger partial charge in [0.2, 0.25) is 11.8 Å². The summed E-state index contributed by atoms with van der Waals surface area (Å²) in [7, 11) is 0. The topological polar surface area (TPSA) is 49.4 Å². The van der Waals surface area contributed by atoms with Gasteiger partial charge in [0, 0.05) is 6.54 Å². The highest BCUT2D eigenvalue weighted by atomic mass is 16.2. The van der Waals surface area contributed by atoms with Crippen LogP contribution in [0.4, 0.5) is 0 Å². The molecule has 0 aliphatic carbocycles. The molecule has 0 aromatic rings. The van der Waals surface area contributed by atoms with Crippen molar-refractivity contribution < 1.29 is 9.59 Å². The number of amides is 2. The van der Waals surface area contributed by atoms with Crippen molar-refractivity contribution in [3.63, 3.8) is 0 Å². The fraction of sp³-hybridized carbons (Fsp3) is 0.846. The van der Waals surface area contributed by atoms with Gasteiger partial charge in [0.1, 0.15) is 6.04 Å². The number of hydrogen-bond acceptors (Lipinski definition) is 2. The molecule has 0 bridgehead atoms. The molecule has 0 radical (unpaired) electrons. The van der Waals surface area contributed by atoms with Crippen LogP contribution >= 0.6 is 0 Å². The number of carbonyl (C=O) groups excluding carboxylic acids is 2. The zero-order chi connectivity index (χ0) is 13.2. The molecule has 1 rings (SSSR count). The van der Waals surface area contributed by atoms with Gasteiger partial charge >= 0.3 is 0 Å². The van der Waals surface area contributed by atoms with Gasteiger partial charge in [0.25, 0.3) is 0 Å². The van der Waals surface area contributed by atoms with Crippen LogP contribution in [0.2, 0.25) is 0 Å². The number of hydrogen-bond donors (Lipinski definition) is 1. The molecule has 1 saturated heterocycles. The second kappa shape index (κ2) is 5.07. The van der Waals surface area contributed by atoms with Crippen molar-refractivity contribution in [3.05, 3.63) is 0 Å². The number of rotatable bonds is 3. The van der Waals surface area contributed by atoms with Crippen molar-refractivity contribution in [2.45, 2.75) is 47.1 Å². The Hall–Kier alpha value is -1.06. The van der Waals surface area contributed by atoms with Crippen LogP contribution in [0.5, 0.6) is 0 Å². The lowest BCUT2D eigenvalue weighted by molar-refractivity contribution is -0.145. The third-order valence-corrected chi connectivity index (χ3v) is 3.03. The fourth-order valence-corrected chi connectivity index (χ4v) is 1.84. The van der Waals surface area contributed by atoms with Crippen LogP contribution < -0.4 is 5.32 Å². The summed E-state index contributed by atoms with van der Waals surface area (Å²) in [5.74, 6) is 0.157. The Morgan fingerprint density at radius 1 is 1.35 bits per heavy atom. The van der Waals surface area contributed by atoms with Crippen LogP contribution in [0.15, 0.2) is 0 Å². The van der Waals surface area contributed by atoms with E-state index in [0.717, 1.165) is 6.42 Å². The van der Waals surface area contributed by atoms with E-state index >= 15 is 0 Å². The predicted octanol–water partition coefficient (Wildman–Crippen LogP) is 1.41. The SMILES string of the molecule is CC(C)C1NC(=O)CN(CCC(C)(C)C)C1=O. The van der Waals surface area contributed by atoms with Crippen LogP contribution in [-0.2, 0) is 9.59 Å². The van der Waals surface area contributed by atoms with Gasteiger partial charge in [-0.05, 0) is 17.8 Å². The molecule has 1 aliphatic rings. The van der Waals surface area contributed by atoms with E-state index < -0.39 is 0 Å². The van der Waals surface area contributed by atoms with Gasteiger partial charge in [-0.3, -0.25) is 9.59 Å². The van der Waals surface area contributed by atoms with Crippen LogP contribution in [0, 0.1) is 11.3 Å². The fourth-order valence-electron chi connectivity index (χ4n) is 1.84. The van der Waals surface area contributed by atoms with E-state index in [4.69, 9.17) is 0 Å². The van der Waals surface area contributed by atoms with Crippen molar-refractivity contribution in [2.75, 3.05) is 13.1 Å². The van der Waals surface area contributed by atoms with Gasteiger partial charge in [0.15, 0.2) is 0 Å². The minimum absolute atomic E-state index is 0.0443. The molecule has 0 saturated carbocycles. The Balaban J connectivity index is 2.65. The van der Waals surface area contributed by atoms with Crippen LogP contribution in [0.1, 0.15) is 41.0 Å². The minimum Gasteiger partial charge on any atom is -0.343 e. The summed E-state index contributed by atoms with van der Waals surface area (Å²) in [6.07, 6.45) is 0.914. The van der Waals surface area contributed by atoms with E-state index in [-0.39, 0.29) is 35.7 Å². The summed E-state index contributed by atoms with van der Waals surface area (Å²) in [5.41, 5.74) is 0.182. The molecule has 1 heterocycles. The maximum absolute atomic E-state index is 12.1. The Labute approximate surface area is 104 Å². The summed E-state index contributed by atoms with van der Waals surface area (Å²) in [6, 6.07) is -0.351. The third-order valence-electron chi connectivity index (χ3n) is 3.03. The van der Waals surface area contributed by atoms with E-state index in [1.807, 2.05) is 13.8 Å². The summed E-state index contributed by atoms with van der Waals surface area (Å²) < 4.78 is 0. The lowest BCUT2D eigenvalue weighted by Crippen LogP contribution is -2.60. The van der Waals surface area contributed by atoms with Crippen LogP contribution in [0.3, 0.4) is 0 Å². The molecule has 1 atom stereocenters. The van der Waals surface area contributed by atoms with Crippen molar-refractivity contribution in [2.24, 2.45) is 11.3 Å². The van der Waals surface area contributed by atoms with Crippen LogP contribution in [0.25, 0.3) is 0 Å². The highest BCUT2D eigenvalue weighted by Crippen LogP contribution is 2.20. The molecule has 1 aliphatic heterocycles. The maximum Gasteiger partial charge on any atom is 0.245 e. The first-order valence-corrected chi connectivity index (χ1v) is 6.29. The first-order valence-electron chi connectivity index (χ1n) is 6.29. The molecule has 98 valence electrons. The molecule has 0 aromatic carbocycles. The average molecular weight is 240 g/mol. The monoisotopic (exact) mass is 240 g/mol. The number of carbonyl (C=O) groups is 2. The minimum atomic E-state index is -0.351. The van der Waals surface area contributed by atoms with E-state index in [0.29, 0.717) is 6.54 Å². The molecule has 4 heteroatoms. The van der Waals surface area contributed by atoms with Crippen molar-refractivity contribution >= 4 is 11.8 Å². The number of nitrogens with one attached hydrogen (secondary N) is 1. The normalized spacial score (nSPS) is 22.0. The molecule has 1 fully saturated rings. The van der Waals surface area contributed by atoms with E-state index in [2.05, 4.69) is 26.1 Å². The van der Waals surface area contributed by atoms with Gasteiger partial charge in [-0.15, -0.1) is 0 Å². The standard InChI is InChI=1S/C13H24N2O2/c1-9(2)11-12(17)15(8-10(16)14-11)7-6-13(3,4)5/h9,11H,6-8H2,1-5H3,(H,14,16). The van der Waals surface area contributed by atoms with Gasteiger partial charge in [-0.25, -0.2) is 0 Å². The van der Waals surface area contributed by atoms with Gasteiger partial charge < -0.3 is 10.2 Å². The van der Waals surface area contributed by atoms with E-state index in [1.165, 1.54) is 0 Å². The Morgan fingerprint density at radius 3 is 2.41 bits per heavy atom. The number of nitrogens with zero attached hydrogens (tertiary/aromatic N) is 1. The zero-order valence-corrected chi connectivity index (χ0v) is 11.5. The average Bonchev–Trinajstić information content (AvgIpc) is 2.17. The molecule has 4 nitrogen and oxygen atoms in total. The van der Waals surface area contributed by atoms with Crippen molar-refractivity contribution in [3.8, 4) is 0 Å². The molecule has 0 spiro atoms. The molecule has 1 unspecified atom stereocenters. The van der Waals surface area contributed by atoms with E-state index in [9.17, 15) is 9.59 Å². The second-order valence-corrected chi connectivity index (χ2v) is 6.36. The first kappa shape index (κ1) is 14.0. The van der Waals surface area contributed by atoms with Crippen LogP contribution in [-0.4, -0.2) is 35.8 Å². The lowest BCUT2D eigenvalue weighted by atomic mass is 9.91. The van der Waals surface area contributed by atoms with Gasteiger partial charge in [-0.1, -0.05) is 34.6 Å². The van der Waals surface area contributed by atoms with Gasteiger partial charge in [0.05, 0.1) is 6.54 Å². The molecule has 17 heavy (non-hydrogen) atoms. The summed E-state index contributed by atoms with van der Waals surface area (Å²) in [5, 5.41) is 2.76. The highest BCUT2D eigenvalue weighted by molar-refractivity contribution is 5.94. The Kier molecular flexibility index (Phi) is 4.17. The quantitative estimate of drug-likeness (QED) is 0.810. The Bertz CT molecular complexity index is 305. The zero-order valence-electron chi connectivity index (χ0n) is 11.5. The molecule has 1 N–H and O–H groups in total. The smallest absolute Gasteiger partial charge is 0.245 e. The molecule has 0 aromatic heterocycles. The predicted molar refractivity (Wildman–Crippen MR) is 67.4 cm³/mol. The molecular formula is C13H24N2O2. The molecule has 2 amide bonds. The van der Waals surface area contributed by atoms with Gasteiger partial charge in [-0.2, -0.15) is 0 Å². The lowest BCUT2D eigenvalue weighted by Gasteiger charge is -2.35. The first-order chi connectivity index (χ1) is 7.70. The third kappa shape index (κ3) is 4.02. The second-order valence-electron chi connectivity index (χ2n) is 6.36. The number of piperazine rings is 1. The maximum atomic E-state index is 12.1. The molecular weight excluding hydrogens is 216 g/mol. The largest absolute Gasteiger partial charge is 0.343 e. The summed E-state index contributed by atoms with van der Waals surface area (Å²) >= 11 is 0. The summed E-state index contributed by atoms with van der Waals surface area (Å²) in [6.45, 7) is 11.2. The van der Waals surface area contributed by atoms with Crippen molar-refractivity contribution in [1.82, 2.24) is 10.2 Å². The highest BCUT2D eigenvalue weighted by Gasteiger charge is 2.34. The van der Waals surface area contributed by atoms with Crippen molar-refractivity contribution in [1.29, 1.82) is 0 Å². The Morgan fingerprint density at radius 2 is 1.94 bits per heavy atom. The summed E-state index contributed by atoms with van der Waals surface area (Å²) in [4.78, 5) is 25.4.